The van der Waals surface area contributed by atoms with Gasteiger partial charge in [0.1, 0.15) is 0 Å². The minimum absolute atomic E-state index is 0. The summed E-state index contributed by atoms with van der Waals surface area (Å²) in [4.78, 5) is 7.06. The molecule has 5 nitrogen and oxygen atoms in total. The van der Waals surface area contributed by atoms with E-state index in [4.69, 9.17) is 4.74 Å². The largest absolute Gasteiger partial charge is 0.378 e. The van der Waals surface area contributed by atoms with Gasteiger partial charge in [-0.15, -0.1) is 24.0 Å². The van der Waals surface area contributed by atoms with Crippen LogP contribution in [-0.2, 0) is 4.74 Å². The number of nitrogens with one attached hydrogen (secondary N) is 2. The van der Waals surface area contributed by atoms with Gasteiger partial charge in [0, 0.05) is 50.3 Å². The average molecular weight is 464 g/mol. The van der Waals surface area contributed by atoms with Crippen molar-refractivity contribution in [2.24, 2.45) is 10.4 Å². The normalized spacial score (nSPS) is 29.7. The number of ether oxygens (including phenoxy) is 1. The summed E-state index contributed by atoms with van der Waals surface area (Å²) >= 11 is 0. The van der Waals surface area contributed by atoms with Crippen LogP contribution in [0.4, 0.5) is 0 Å². The number of likely N-dealkylation sites (tertiary alicyclic amines) is 1. The molecule has 2 saturated carbocycles. The van der Waals surface area contributed by atoms with Gasteiger partial charge in [-0.3, -0.25) is 4.99 Å². The minimum Gasteiger partial charge on any atom is -0.378 e. The number of halogens is 1. The molecule has 146 valence electrons. The summed E-state index contributed by atoms with van der Waals surface area (Å²) in [6.07, 6.45) is 7.95. The Morgan fingerprint density at radius 1 is 1.24 bits per heavy atom. The number of hydrogen-bond acceptors (Lipinski definition) is 3. The van der Waals surface area contributed by atoms with Gasteiger partial charge in [-0.1, -0.05) is 6.42 Å². The molecule has 25 heavy (non-hydrogen) atoms. The van der Waals surface area contributed by atoms with Crippen LogP contribution in [0.25, 0.3) is 0 Å². The van der Waals surface area contributed by atoms with Crippen molar-refractivity contribution in [3.05, 3.63) is 0 Å². The molecule has 1 spiro atoms. The molecule has 2 N–H and O–H groups in total. The molecule has 0 radical (unpaired) electrons. The number of guanidine groups is 1. The Bertz CT molecular complexity index is 445. The number of nitrogens with zero attached hydrogens (tertiary/aromatic N) is 2. The van der Waals surface area contributed by atoms with Crippen LogP contribution in [0.15, 0.2) is 4.99 Å². The molecule has 2 atom stereocenters. The van der Waals surface area contributed by atoms with Crippen LogP contribution in [0.2, 0.25) is 0 Å². The van der Waals surface area contributed by atoms with Crippen molar-refractivity contribution in [3.8, 4) is 0 Å². The van der Waals surface area contributed by atoms with E-state index >= 15 is 0 Å². The van der Waals surface area contributed by atoms with Crippen LogP contribution in [0.3, 0.4) is 0 Å². The fourth-order valence-corrected chi connectivity index (χ4v) is 4.73. The van der Waals surface area contributed by atoms with Gasteiger partial charge in [-0.2, -0.15) is 0 Å². The summed E-state index contributed by atoms with van der Waals surface area (Å²) in [7, 11) is 1.89. The molecule has 3 rings (SSSR count). The quantitative estimate of drug-likeness (QED) is 0.373. The Morgan fingerprint density at radius 3 is 2.40 bits per heavy atom. The van der Waals surface area contributed by atoms with Crippen LogP contribution in [0.1, 0.15) is 59.3 Å². The Morgan fingerprint density at radius 2 is 1.92 bits per heavy atom. The summed E-state index contributed by atoms with van der Waals surface area (Å²) in [5.74, 6) is 0.990. The number of hydrogen-bond donors (Lipinski definition) is 2. The van der Waals surface area contributed by atoms with Gasteiger partial charge in [-0.25, -0.2) is 0 Å². The molecular formula is C19H37IN4O. The van der Waals surface area contributed by atoms with Crippen LogP contribution in [-0.4, -0.2) is 61.8 Å². The van der Waals surface area contributed by atoms with Gasteiger partial charge in [0.15, 0.2) is 5.96 Å². The fraction of sp³-hybridized carbons (Fsp3) is 0.947. The van der Waals surface area contributed by atoms with Crippen molar-refractivity contribution in [1.29, 1.82) is 0 Å². The van der Waals surface area contributed by atoms with Gasteiger partial charge in [-0.05, 0) is 52.9 Å². The predicted octanol–water partition coefficient (Wildman–Crippen LogP) is 2.99. The molecule has 0 aromatic heterocycles. The van der Waals surface area contributed by atoms with E-state index in [0.29, 0.717) is 29.6 Å². The highest BCUT2D eigenvalue weighted by molar-refractivity contribution is 14.0. The first-order valence-corrected chi connectivity index (χ1v) is 9.94. The monoisotopic (exact) mass is 464 g/mol. The third-order valence-electron chi connectivity index (χ3n) is 6.57. The van der Waals surface area contributed by atoms with Crippen LogP contribution < -0.4 is 10.6 Å². The molecule has 3 fully saturated rings. The zero-order valence-electron chi connectivity index (χ0n) is 16.4. The summed E-state index contributed by atoms with van der Waals surface area (Å²) in [6, 6.07) is 1.74. The van der Waals surface area contributed by atoms with E-state index in [1.807, 2.05) is 7.05 Å². The van der Waals surface area contributed by atoms with Gasteiger partial charge >= 0.3 is 0 Å². The molecule has 2 unspecified atom stereocenters. The van der Waals surface area contributed by atoms with Gasteiger partial charge in [0.05, 0.1) is 6.10 Å². The third kappa shape index (κ3) is 4.43. The summed E-state index contributed by atoms with van der Waals surface area (Å²) in [5, 5.41) is 7.38. The lowest BCUT2D eigenvalue weighted by atomic mass is 9.51. The van der Waals surface area contributed by atoms with Crippen molar-refractivity contribution in [2.75, 3.05) is 26.7 Å². The molecular weight excluding hydrogens is 427 g/mol. The first kappa shape index (κ1) is 21.2. The Hall–Kier alpha value is -0.0800. The predicted molar refractivity (Wildman–Crippen MR) is 115 cm³/mol. The molecule has 2 aliphatic carbocycles. The van der Waals surface area contributed by atoms with Crippen molar-refractivity contribution in [1.82, 2.24) is 15.5 Å². The highest BCUT2D eigenvalue weighted by Crippen LogP contribution is 2.57. The Kier molecular flexibility index (Phi) is 7.83. The van der Waals surface area contributed by atoms with Gasteiger partial charge < -0.3 is 20.3 Å². The molecule has 1 saturated heterocycles. The molecule has 3 aliphatic rings. The SMILES string of the molecule is CCOC1CC(NC(=NC)NC2CCN(C(C)C)CC2)C12CCC2.I. The van der Waals surface area contributed by atoms with Crippen LogP contribution in [0, 0.1) is 5.41 Å². The minimum atomic E-state index is 0. The second-order valence-corrected chi connectivity index (χ2v) is 8.08. The highest BCUT2D eigenvalue weighted by atomic mass is 127. The summed E-state index contributed by atoms with van der Waals surface area (Å²) in [6.45, 7) is 9.89. The third-order valence-corrected chi connectivity index (χ3v) is 6.57. The van der Waals surface area contributed by atoms with E-state index in [2.05, 4.69) is 41.3 Å². The molecule has 0 amide bonds. The smallest absolute Gasteiger partial charge is 0.191 e. The lowest BCUT2D eigenvalue weighted by molar-refractivity contribution is -0.168. The molecule has 1 heterocycles. The standard InChI is InChI=1S/C19H36N4O.HI/c1-5-24-17-13-16(19(17)9-6-10-19)22-18(20-4)21-15-7-11-23(12-8-15)14(2)3;/h14-17H,5-13H2,1-4H3,(H2,20,21,22);1H. The van der Waals surface area contributed by atoms with Crippen LogP contribution >= 0.6 is 24.0 Å². The molecule has 0 aromatic rings. The van der Waals surface area contributed by atoms with Crippen LogP contribution in [0.5, 0.6) is 0 Å². The molecule has 0 bridgehead atoms. The number of aliphatic imine (C=N–C) groups is 1. The van der Waals surface area contributed by atoms with E-state index in [-0.39, 0.29) is 24.0 Å². The zero-order chi connectivity index (χ0) is 17.2. The molecule has 6 heteroatoms. The van der Waals surface area contributed by atoms with E-state index < -0.39 is 0 Å². The maximum Gasteiger partial charge on any atom is 0.191 e. The highest BCUT2D eigenvalue weighted by Gasteiger charge is 2.59. The second kappa shape index (κ2) is 9.22. The van der Waals surface area contributed by atoms with Crippen molar-refractivity contribution in [2.45, 2.75) is 83.5 Å². The maximum absolute atomic E-state index is 5.96. The van der Waals surface area contributed by atoms with E-state index in [0.717, 1.165) is 19.0 Å². The average Bonchev–Trinajstić information content (AvgIpc) is 2.51. The first-order valence-electron chi connectivity index (χ1n) is 9.94. The van der Waals surface area contributed by atoms with Gasteiger partial charge in [0.25, 0.3) is 0 Å². The molecule has 1 aliphatic heterocycles. The topological polar surface area (TPSA) is 48.9 Å². The number of rotatable bonds is 5. The van der Waals surface area contributed by atoms with E-state index in [9.17, 15) is 0 Å². The maximum atomic E-state index is 5.96. The summed E-state index contributed by atoms with van der Waals surface area (Å²) < 4.78 is 5.96. The summed E-state index contributed by atoms with van der Waals surface area (Å²) in [5.41, 5.74) is 0.384. The van der Waals surface area contributed by atoms with Crippen molar-refractivity contribution < 1.29 is 4.74 Å². The van der Waals surface area contributed by atoms with Gasteiger partial charge in [0.2, 0.25) is 0 Å². The second-order valence-electron chi connectivity index (χ2n) is 8.08. The fourth-order valence-electron chi connectivity index (χ4n) is 4.73. The zero-order valence-corrected chi connectivity index (χ0v) is 18.7. The lowest BCUT2D eigenvalue weighted by Gasteiger charge is -2.61. The van der Waals surface area contributed by atoms with E-state index in [1.165, 1.54) is 45.2 Å². The van der Waals surface area contributed by atoms with Crippen molar-refractivity contribution in [3.63, 3.8) is 0 Å². The lowest BCUT2D eigenvalue weighted by Crippen LogP contribution is -2.69. The first-order chi connectivity index (χ1) is 11.6. The van der Waals surface area contributed by atoms with Crippen molar-refractivity contribution >= 4 is 29.9 Å². The Labute approximate surface area is 170 Å². The number of piperidine rings is 1. The van der Waals surface area contributed by atoms with E-state index in [1.54, 1.807) is 0 Å². The Balaban J connectivity index is 0.00000225. The molecule has 0 aromatic carbocycles.